The van der Waals surface area contributed by atoms with Crippen molar-refractivity contribution >= 4 is 22.9 Å². The van der Waals surface area contributed by atoms with E-state index in [4.69, 9.17) is 4.42 Å². The van der Waals surface area contributed by atoms with E-state index in [1.807, 2.05) is 24.3 Å². The van der Waals surface area contributed by atoms with Crippen molar-refractivity contribution in [2.24, 2.45) is 5.41 Å². The van der Waals surface area contributed by atoms with Crippen LogP contribution in [0, 0.1) is 5.41 Å². The highest BCUT2D eigenvalue weighted by Gasteiger charge is 2.52. The molecule has 5 heteroatoms. The summed E-state index contributed by atoms with van der Waals surface area (Å²) in [5, 5.41) is 0. The molecule has 0 unspecified atom stereocenters. The maximum Gasteiger partial charge on any atom is 0.236 e. The number of rotatable bonds is 2. The summed E-state index contributed by atoms with van der Waals surface area (Å²) in [6.07, 6.45) is 4.10. The highest BCUT2D eigenvalue weighted by molar-refractivity contribution is 6.05. The molecule has 2 heterocycles. The molecular weight excluding hydrogens is 268 g/mol. The van der Waals surface area contributed by atoms with E-state index in [1.54, 1.807) is 0 Å². The van der Waals surface area contributed by atoms with Gasteiger partial charge in [-0.2, -0.15) is 0 Å². The number of fused-ring (bicyclic) bond motifs is 1. The molecule has 1 saturated heterocycles. The van der Waals surface area contributed by atoms with Gasteiger partial charge in [-0.25, -0.2) is 4.98 Å². The molecule has 5 nitrogen and oxygen atoms in total. The number of imide groups is 1. The molecule has 0 radical (unpaired) electrons. The Bertz CT molecular complexity index is 695. The lowest BCUT2D eigenvalue weighted by Crippen LogP contribution is -2.34. The quantitative estimate of drug-likeness (QED) is 0.795. The third-order valence-electron chi connectivity index (χ3n) is 4.68. The number of amides is 2. The van der Waals surface area contributed by atoms with Gasteiger partial charge in [0.05, 0.1) is 5.41 Å². The summed E-state index contributed by atoms with van der Waals surface area (Å²) in [5.74, 6) is 0.296. The number of benzene rings is 1. The number of aromatic nitrogens is 1. The van der Waals surface area contributed by atoms with Crippen LogP contribution in [0.15, 0.2) is 28.7 Å². The molecule has 0 N–H and O–H groups in total. The van der Waals surface area contributed by atoms with Crippen LogP contribution in [0.3, 0.4) is 0 Å². The van der Waals surface area contributed by atoms with Crippen molar-refractivity contribution in [3.63, 3.8) is 0 Å². The fraction of sp³-hybridized carbons (Fsp3) is 0.438. The summed E-state index contributed by atoms with van der Waals surface area (Å²) in [6, 6.07) is 7.44. The summed E-state index contributed by atoms with van der Waals surface area (Å²) in [4.78, 5) is 30.5. The Balaban J connectivity index is 1.61. The number of oxazole rings is 1. The second-order valence-electron chi connectivity index (χ2n) is 6.02. The first-order chi connectivity index (χ1) is 10.2. The number of likely N-dealkylation sites (tertiary alicyclic amines) is 1. The molecule has 1 aliphatic heterocycles. The van der Waals surface area contributed by atoms with Crippen LogP contribution in [0.5, 0.6) is 0 Å². The lowest BCUT2D eigenvalue weighted by molar-refractivity contribution is -0.142. The maximum atomic E-state index is 12.6. The number of hydrogen-bond donors (Lipinski definition) is 0. The molecule has 2 amide bonds. The van der Waals surface area contributed by atoms with Crippen molar-refractivity contribution in [2.45, 2.75) is 38.6 Å². The van der Waals surface area contributed by atoms with Gasteiger partial charge < -0.3 is 4.42 Å². The smallest absolute Gasteiger partial charge is 0.236 e. The van der Waals surface area contributed by atoms with E-state index in [0.717, 1.165) is 31.2 Å². The standard InChI is InChI=1S/C16H16N2O3/c19-14-9-16(7-3-4-8-16)15(20)18(14)10-13-17-11-5-1-2-6-12(11)21-13/h1-2,5-6H,3-4,7-10H2. The molecule has 1 aliphatic carbocycles. The Hall–Kier alpha value is -2.17. The van der Waals surface area contributed by atoms with E-state index in [0.29, 0.717) is 17.9 Å². The van der Waals surface area contributed by atoms with Gasteiger partial charge in [-0.3, -0.25) is 14.5 Å². The van der Waals surface area contributed by atoms with Gasteiger partial charge in [0.2, 0.25) is 17.7 Å². The van der Waals surface area contributed by atoms with E-state index in [1.165, 1.54) is 4.90 Å². The van der Waals surface area contributed by atoms with Gasteiger partial charge in [0, 0.05) is 6.42 Å². The second kappa shape index (κ2) is 4.41. The van der Waals surface area contributed by atoms with E-state index in [9.17, 15) is 9.59 Å². The SMILES string of the molecule is O=C1CC2(CCCC2)C(=O)N1Cc1nc2ccccc2o1. The van der Waals surface area contributed by atoms with Crippen molar-refractivity contribution < 1.29 is 14.0 Å². The molecule has 2 aromatic rings. The molecule has 21 heavy (non-hydrogen) atoms. The normalized spacial score (nSPS) is 21.0. The topological polar surface area (TPSA) is 63.4 Å². The Kier molecular flexibility index (Phi) is 2.64. The average molecular weight is 284 g/mol. The van der Waals surface area contributed by atoms with Gasteiger partial charge in [0.1, 0.15) is 12.1 Å². The zero-order valence-corrected chi connectivity index (χ0v) is 11.7. The zero-order valence-electron chi connectivity index (χ0n) is 11.7. The van der Waals surface area contributed by atoms with Gasteiger partial charge in [-0.15, -0.1) is 0 Å². The molecule has 0 atom stereocenters. The largest absolute Gasteiger partial charge is 0.439 e. The maximum absolute atomic E-state index is 12.6. The molecule has 0 bridgehead atoms. The number of carbonyl (C=O) groups excluding carboxylic acids is 2. The van der Waals surface area contributed by atoms with Gasteiger partial charge in [-0.05, 0) is 25.0 Å². The van der Waals surface area contributed by atoms with Crippen LogP contribution in [0.1, 0.15) is 38.0 Å². The minimum atomic E-state index is -0.427. The molecule has 2 aliphatic rings. The predicted molar refractivity (Wildman–Crippen MR) is 75.1 cm³/mol. The summed E-state index contributed by atoms with van der Waals surface area (Å²) in [7, 11) is 0. The van der Waals surface area contributed by atoms with Crippen LogP contribution < -0.4 is 0 Å². The van der Waals surface area contributed by atoms with Crippen molar-refractivity contribution in [2.75, 3.05) is 0 Å². The first-order valence-electron chi connectivity index (χ1n) is 7.37. The van der Waals surface area contributed by atoms with Crippen LogP contribution >= 0.6 is 0 Å². The number of hydrogen-bond acceptors (Lipinski definition) is 4. The number of para-hydroxylation sites is 2. The molecule has 4 rings (SSSR count). The van der Waals surface area contributed by atoms with Crippen LogP contribution in [0.2, 0.25) is 0 Å². The third kappa shape index (κ3) is 1.87. The van der Waals surface area contributed by atoms with Crippen molar-refractivity contribution in [3.8, 4) is 0 Å². The number of carbonyl (C=O) groups is 2. The fourth-order valence-corrected chi connectivity index (χ4v) is 3.59. The molecular formula is C16H16N2O3. The van der Waals surface area contributed by atoms with E-state index < -0.39 is 5.41 Å². The second-order valence-corrected chi connectivity index (χ2v) is 6.02. The van der Waals surface area contributed by atoms with Gasteiger partial charge in [-0.1, -0.05) is 25.0 Å². The van der Waals surface area contributed by atoms with Crippen LogP contribution in [-0.4, -0.2) is 21.7 Å². The van der Waals surface area contributed by atoms with E-state index in [-0.39, 0.29) is 18.4 Å². The Labute approximate surface area is 121 Å². The van der Waals surface area contributed by atoms with Crippen LogP contribution in [0.25, 0.3) is 11.1 Å². The first kappa shape index (κ1) is 12.6. The van der Waals surface area contributed by atoms with Gasteiger partial charge >= 0.3 is 0 Å². The molecule has 1 aromatic carbocycles. The molecule has 2 fully saturated rings. The van der Waals surface area contributed by atoms with Crippen LogP contribution in [0.4, 0.5) is 0 Å². The number of nitrogens with zero attached hydrogens (tertiary/aromatic N) is 2. The monoisotopic (exact) mass is 284 g/mol. The molecule has 108 valence electrons. The molecule has 1 spiro atoms. The minimum absolute atomic E-state index is 0.0349. The molecule has 1 aromatic heterocycles. The molecule has 1 saturated carbocycles. The zero-order chi connectivity index (χ0) is 14.4. The van der Waals surface area contributed by atoms with Crippen LogP contribution in [-0.2, 0) is 16.1 Å². The predicted octanol–water partition coefficient (Wildman–Crippen LogP) is 2.65. The first-order valence-corrected chi connectivity index (χ1v) is 7.37. The summed E-state index contributed by atoms with van der Waals surface area (Å²) < 4.78 is 5.62. The van der Waals surface area contributed by atoms with Gasteiger partial charge in [0.25, 0.3) is 0 Å². The lowest BCUT2D eigenvalue weighted by Gasteiger charge is -2.19. The van der Waals surface area contributed by atoms with Crippen molar-refractivity contribution in [3.05, 3.63) is 30.2 Å². The highest BCUT2D eigenvalue weighted by atomic mass is 16.3. The Morgan fingerprint density at radius 2 is 1.95 bits per heavy atom. The van der Waals surface area contributed by atoms with Crippen molar-refractivity contribution in [1.82, 2.24) is 9.88 Å². The Morgan fingerprint density at radius 3 is 2.71 bits per heavy atom. The fourth-order valence-electron chi connectivity index (χ4n) is 3.59. The highest BCUT2D eigenvalue weighted by Crippen LogP contribution is 2.47. The van der Waals surface area contributed by atoms with E-state index >= 15 is 0 Å². The summed E-state index contributed by atoms with van der Waals surface area (Å²) >= 11 is 0. The minimum Gasteiger partial charge on any atom is -0.439 e. The third-order valence-corrected chi connectivity index (χ3v) is 4.68. The van der Waals surface area contributed by atoms with Crippen molar-refractivity contribution in [1.29, 1.82) is 0 Å². The van der Waals surface area contributed by atoms with E-state index in [2.05, 4.69) is 4.98 Å². The summed E-state index contributed by atoms with van der Waals surface area (Å²) in [6.45, 7) is 0.147. The summed E-state index contributed by atoms with van der Waals surface area (Å²) in [5.41, 5.74) is 1.01. The average Bonchev–Trinajstić information content (AvgIpc) is 3.14. The van der Waals surface area contributed by atoms with Gasteiger partial charge in [0.15, 0.2) is 5.58 Å². The Morgan fingerprint density at radius 1 is 1.19 bits per heavy atom. The lowest BCUT2D eigenvalue weighted by atomic mass is 9.84.